The maximum atomic E-state index is 12.0. The Bertz CT molecular complexity index is 594. The summed E-state index contributed by atoms with van der Waals surface area (Å²) in [5.74, 6) is -3.60. The normalized spacial score (nSPS) is 20.4. The predicted molar refractivity (Wildman–Crippen MR) is 79.7 cm³/mol. The van der Waals surface area contributed by atoms with Crippen LogP contribution in [-0.4, -0.2) is 60.2 Å². The Balaban J connectivity index is 2.80. The average Bonchev–Trinajstić information content (AvgIpc) is 2.61. The van der Waals surface area contributed by atoms with Crippen LogP contribution in [0.1, 0.15) is 33.6 Å². The molecule has 1 amide bonds. The lowest BCUT2D eigenvalue weighted by molar-refractivity contribution is -0.161. The number of rotatable bonds is 6. The maximum absolute atomic E-state index is 12.0. The van der Waals surface area contributed by atoms with Crippen molar-refractivity contribution < 1.29 is 32.6 Å². The summed E-state index contributed by atoms with van der Waals surface area (Å²) in [6.45, 7) is 4.85. The van der Waals surface area contributed by atoms with Gasteiger partial charge in [0.05, 0.1) is 12.2 Å². The van der Waals surface area contributed by atoms with Crippen molar-refractivity contribution >= 4 is 27.9 Å². The highest BCUT2D eigenvalue weighted by Gasteiger charge is 2.40. The summed E-state index contributed by atoms with van der Waals surface area (Å²) in [5.41, 5.74) is -0.773. The molecule has 132 valence electrons. The standard InChI is InChI=1S/C13H22N2O7S/c1-13(2,3)22-11(17)5-9(12(18)19)15-6-8(4-10(15)16)7-23(14,20)21/h8-9H,4-7H2,1-3H3,(H,18,19)(H2,14,20,21)/t8?,9-/m0/s1. The Hall–Kier alpha value is -1.68. The quantitative estimate of drug-likeness (QED) is 0.603. The molecular formula is C13H22N2O7S. The second-order valence-corrected chi connectivity index (χ2v) is 8.25. The number of nitrogens with two attached hydrogens (primary N) is 1. The Kier molecular flexibility index (Phi) is 5.75. The molecule has 0 spiro atoms. The number of likely N-dealkylation sites (tertiary alicyclic amines) is 1. The lowest BCUT2D eigenvalue weighted by Gasteiger charge is -2.26. The van der Waals surface area contributed by atoms with Crippen LogP contribution < -0.4 is 5.14 Å². The number of sulfonamides is 1. The highest BCUT2D eigenvalue weighted by atomic mass is 32.2. The smallest absolute Gasteiger partial charge is 0.327 e. The number of esters is 1. The van der Waals surface area contributed by atoms with Crippen molar-refractivity contribution in [2.75, 3.05) is 12.3 Å². The number of carbonyl (C=O) groups excluding carboxylic acids is 2. The van der Waals surface area contributed by atoms with Gasteiger partial charge in [0.25, 0.3) is 0 Å². The number of primary sulfonamides is 1. The van der Waals surface area contributed by atoms with Crippen LogP contribution in [0.15, 0.2) is 0 Å². The summed E-state index contributed by atoms with van der Waals surface area (Å²) in [7, 11) is -3.77. The van der Waals surface area contributed by atoms with Crippen LogP contribution in [0.3, 0.4) is 0 Å². The van der Waals surface area contributed by atoms with E-state index in [1.807, 2.05) is 0 Å². The molecule has 23 heavy (non-hydrogen) atoms. The molecule has 0 saturated carbocycles. The van der Waals surface area contributed by atoms with Crippen molar-refractivity contribution in [2.45, 2.75) is 45.3 Å². The minimum Gasteiger partial charge on any atom is -0.480 e. The van der Waals surface area contributed by atoms with E-state index in [9.17, 15) is 27.9 Å². The van der Waals surface area contributed by atoms with Gasteiger partial charge in [-0.3, -0.25) is 9.59 Å². The van der Waals surface area contributed by atoms with Gasteiger partial charge in [-0.1, -0.05) is 0 Å². The zero-order valence-electron chi connectivity index (χ0n) is 13.3. The first kappa shape index (κ1) is 19.4. The summed E-state index contributed by atoms with van der Waals surface area (Å²) in [4.78, 5) is 36.1. The molecule has 10 heteroatoms. The van der Waals surface area contributed by atoms with Gasteiger partial charge in [-0.05, 0) is 20.8 Å². The Morgan fingerprint density at radius 3 is 2.43 bits per heavy atom. The molecule has 0 bridgehead atoms. The molecule has 0 aromatic carbocycles. The molecule has 3 N–H and O–H groups in total. The largest absolute Gasteiger partial charge is 0.480 e. The van der Waals surface area contributed by atoms with Crippen molar-refractivity contribution in [2.24, 2.45) is 11.1 Å². The number of hydrogen-bond acceptors (Lipinski definition) is 6. The molecule has 0 aromatic rings. The number of amides is 1. The van der Waals surface area contributed by atoms with E-state index >= 15 is 0 Å². The molecule has 0 radical (unpaired) electrons. The third-order valence-electron chi connectivity index (χ3n) is 3.15. The van der Waals surface area contributed by atoms with Crippen LogP contribution in [-0.2, 0) is 29.1 Å². The summed E-state index contributed by atoms with van der Waals surface area (Å²) >= 11 is 0. The Labute approximate surface area is 134 Å². The molecule has 2 atom stereocenters. The van der Waals surface area contributed by atoms with Crippen molar-refractivity contribution in [3.8, 4) is 0 Å². The van der Waals surface area contributed by atoms with E-state index in [1.54, 1.807) is 20.8 Å². The zero-order chi connectivity index (χ0) is 18.0. The number of hydrogen-bond donors (Lipinski definition) is 2. The lowest BCUT2D eigenvalue weighted by Crippen LogP contribution is -2.44. The number of nitrogens with zero attached hydrogens (tertiary/aromatic N) is 1. The van der Waals surface area contributed by atoms with E-state index in [-0.39, 0.29) is 13.0 Å². The van der Waals surface area contributed by atoms with Gasteiger partial charge in [0.1, 0.15) is 11.6 Å². The molecule has 0 aliphatic carbocycles. The third kappa shape index (κ3) is 6.53. The topological polar surface area (TPSA) is 144 Å². The van der Waals surface area contributed by atoms with Crippen LogP contribution in [0.25, 0.3) is 0 Å². The fourth-order valence-electron chi connectivity index (χ4n) is 2.42. The highest BCUT2D eigenvalue weighted by molar-refractivity contribution is 7.89. The van der Waals surface area contributed by atoms with Crippen LogP contribution in [0.2, 0.25) is 0 Å². The Morgan fingerprint density at radius 1 is 1.43 bits per heavy atom. The van der Waals surface area contributed by atoms with Crippen molar-refractivity contribution in [3.63, 3.8) is 0 Å². The highest BCUT2D eigenvalue weighted by Crippen LogP contribution is 2.23. The SMILES string of the molecule is CC(C)(C)OC(=O)C[C@@H](C(=O)O)N1CC(CS(N)(=O)=O)CC1=O. The molecule has 1 heterocycles. The molecule has 1 rings (SSSR count). The van der Waals surface area contributed by atoms with Gasteiger partial charge >= 0.3 is 11.9 Å². The minimum atomic E-state index is -3.77. The summed E-state index contributed by atoms with van der Waals surface area (Å²) in [6.07, 6.45) is -0.616. The summed E-state index contributed by atoms with van der Waals surface area (Å²) in [6, 6.07) is -1.39. The van der Waals surface area contributed by atoms with E-state index in [2.05, 4.69) is 0 Å². The van der Waals surface area contributed by atoms with E-state index in [0.29, 0.717) is 0 Å². The second-order valence-electron chi connectivity index (χ2n) is 6.59. The first-order chi connectivity index (χ1) is 10.3. The van der Waals surface area contributed by atoms with Gasteiger partial charge < -0.3 is 14.7 Å². The molecule has 9 nitrogen and oxygen atoms in total. The monoisotopic (exact) mass is 350 g/mol. The zero-order valence-corrected chi connectivity index (χ0v) is 14.1. The molecule has 1 aliphatic rings. The van der Waals surface area contributed by atoms with E-state index in [0.717, 1.165) is 4.90 Å². The van der Waals surface area contributed by atoms with Gasteiger partial charge in [-0.15, -0.1) is 0 Å². The molecule has 1 fully saturated rings. The summed E-state index contributed by atoms with van der Waals surface area (Å²) in [5, 5.41) is 14.2. The number of aliphatic carboxylic acids is 1. The molecule has 0 aromatic heterocycles. The predicted octanol–water partition coefficient (Wildman–Crippen LogP) is -0.692. The van der Waals surface area contributed by atoms with E-state index in [1.165, 1.54) is 0 Å². The van der Waals surface area contributed by atoms with Gasteiger partial charge in [-0.25, -0.2) is 18.4 Å². The van der Waals surface area contributed by atoms with Crippen LogP contribution in [0, 0.1) is 5.92 Å². The van der Waals surface area contributed by atoms with Crippen LogP contribution in [0.5, 0.6) is 0 Å². The maximum Gasteiger partial charge on any atom is 0.327 e. The van der Waals surface area contributed by atoms with Crippen molar-refractivity contribution in [3.05, 3.63) is 0 Å². The molecule has 1 unspecified atom stereocenters. The number of carbonyl (C=O) groups is 3. The molecule has 1 saturated heterocycles. The third-order valence-corrected chi connectivity index (χ3v) is 4.08. The van der Waals surface area contributed by atoms with Crippen LogP contribution >= 0.6 is 0 Å². The van der Waals surface area contributed by atoms with Gasteiger partial charge in [-0.2, -0.15) is 0 Å². The van der Waals surface area contributed by atoms with E-state index < -0.39 is 57.6 Å². The first-order valence-electron chi connectivity index (χ1n) is 7.03. The number of ether oxygens (including phenoxy) is 1. The summed E-state index contributed by atoms with van der Waals surface area (Å²) < 4.78 is 27.3. The van der Waals surface area contributed by atoms with Gasteiger partial charge in [0.2, 0.25) is 15.9 Å². The van der Waals surface area contributed by atoms with E-state index in [4.69, 9.17) is 9.88 Å². The molecular weight excluding hydrogens is 328 g/mol. The average molecular weight is 350 g/mol. The lowest BCUT2D eigenvalue weighted by atomic mass is 10.1. The first-order valence-corrected chi connectivity index (χ1v) is 8.74. The fourth-order valence-corrected chi connectivity index (χ4v) is 3.30. The van der Waals surface area contributed by atoms with Gasteiger partial charge in [0, 0.05) is 18.9 Å². The van der Waals surface area contributed by atoms with Crippen LogP contribution in [0.4, 0.5) is 0 Å². The molecule has 1 aliphatic heterocycles. The second kappa shape index (κ2) is 6.83. The minimum absolute atomic E-state index is 0.0744. The van der Waals surface area contributed by atoms with Crippen molar-refractivity contribution in [1.29, 1.82) is 0 Å². The van der Waals surface area contributed by atoms with Gasteiger partial charge in [0.15, 0.2) is 0 Å². The Morgan fingerprint density at radius 2 is 2.00 bits per heavy atom. The fraction of sp³-hybridized carbons (Fsp3) is 0.769. The van der Waals surface area contributed by atoms with Crippen molar-refractivity contribution in [1.82, 2.24) is 4.90 Å². The number of carboxylic acids is 1. The number of carboxylic acid groups (broad SMARTS) is 1.